The quantitative estimate of drug-likeness (QED) is 0.336. The van der Waals surface area contributed by atoms with E-state index in [-0.39, 0.29) is 11.6 Å². The van der Waals surface area contributed by atoms with Gasteiger partial charge in [-0.05, 0) is 31.0 Å². The Morgan fingerprint density at radius 1 is 1.20 bits per heavy atom. The van der Waals surface area contributed by atoms with E-state index in [1.165, 1.54) is 30.3 Å². The highest BCUT2D eigenvalue weighted by Gasteiger charge is 2.34. The Hall–Kier alpha value is -3.09. The lowest BCUT2D eigenvalue weighted by Crippen LogP contribution is -2.41. The Morgan fingerprint density at radius 2 is 1.88 bits per heavy atom. The van der Waals surface area contributed by atoms with E-state index in [0.29, 0.717) is 59.9 Å². The van der Waals surface area contributed by atoms with Gasteiger partial charge in [-0.15, -0.1) is 11.3 Å². The molecule has 0 N–H and O–H groups in total. The first-order valence-electron chi connectivity index (χ1n) is 12.8. The highest BCUT2D eigenvalue weighted by Crippen LogP contribution is 2.39. The number of carbonyl (C=O) groups is 1. The third kappa shape index (κ3) is 6.24. The summed E-state index contributed by atoms with van der Waals surface area (Å²) in [7, 11) is 2.97. The number of likely N-dealkylation sites (tertiary alicyclic amines) is 1. The van der Waals surface area contributed by atoms with Crippen molar-refractivity contribution in [1.82, 2.24) is 14.5 Å². The van der Waals surface area contributed by atoms with E-state index in [1.54, 1.807) is 23.1 Å². The number of carbonyl (C=O) groups excluding carboxylic acids is 1. The smallest absolute Gasteiger partial charge is 0.387 e. The topological polar surface area (TPSA) is 80.0 Å². The number of thiazole rings is 1. The van der Waals surface area contributed by atoms with Crippen LogP contribution in [-0.4, -0.2) is 53.3 Å². The monoisotopic (exact) mass is 627 g/mol. The van der Waals surface area contributed by atoms with Crippen molar-refractivity contribution in [1.29, 1.82) is 0 Å². The number of alkyl halides is 3. The van der Waals surface area contributed by atoms with Crippen molar-refractivity contribution in [3.8, 4) is 0 Å². The standard InChI is InChI=1S/C27H26Cl2F3N5O3S/c1-35(2)21-10-16(27(30,31)32)12-37(26(21)39)13-23(38)36-8-6-15(7-9-36)25-33-20(14-41-25)19-11-22(40-34-19)24-17(28)4-3-5-18(24)29/h3-5,10,12,14-15,22H,6-9,11,13H2,1-2H3. The van der Waals surface area contributed by atoms with Crippen LogP contribution < -0.4 is 10.5 Å². The number of hydrogen-bond donors (Lipinski definition) is 0. The van der Waals surface area contributed by atoms with Gasteiger partial charge in [0, 0.05) is 66.7 Å². The molecule has 5 rings (SSSR count). The van der Waals surface area contributed by atoms with Crippen molar-refractivity contribution in [2.75, 3.05) is 32.1 Å². The van der Waals surface area contributed by atoms with E-state index in [4.69, 9.17) is 33.0 Å². The lowest BCUT2D eigenvalue weighted by Gasteiger charge is -2.31. The number of anilines is 1. The fourth-order valence-corrected chi connectivity index (χ4v) is 6.58. The zero-order valence-corrected chi connectivity index (χ0v) is 24.4. The third-order valence-electron chi connectivity index (χ3n) is 7.19. The van der Waals surface area contributed by atoms with Crippen LogP contribution >= 0.6 is 34.5 Å². The normalized spacial score (nSPS) is 17.9. The van der Waals surface area contributed by atoms with E-state index < -0.39 is 35.9 Å². The predicted octanol–water partition coefficient (Wildman–Crippen LogP) is 5.97. The lowest BCUT2D eigenvalue weighted by molar-refractivity contribution is -0.139. The van der Waals surface area contributed by atoms with Crippen LogP contribution in [0.4, 0.5) is 18.9 Å². The minimum atomic E-state index is -4.65. The number of piperidine rings is 1. The largest absolute Gasteiger partial charge is 0.417 e. The number of hydrogen-bond acceptors (Lipinski definition) is 7. The average Bonchev–Trinajstić information content (AvgIpc) is 3.59. The van der Waals surface area contributed by atoms with Gasteiger partial charge in [0.2, 0.25) is 5.91 Å². The number of benzene rings is 1. The molecule has 14 heteroatoms. The van der Waals surface area contributed by atoms with E-state index in [2.05, 4.69) is 5.16 Å². The molecule has 1 saturated heterocycles. The SMILES string of the molecule is CN(C)c1cc(C(F)(F)F)cn(CC(=O)N2CCC(c3nc(C4=NOC(c5c(Cl)cccc5Cl)C4)cs3)CC2)c1=O. The summed E-state index contributed by atoms with van der Waals surface area (Å²) in [6.45, 7) is 0.347. The number of aromatic nitrogens is 2. The van der Waals surface area contributed by atoms with Gasteiger partial charge >= 0.3 is 6.18 Å². The molecule has 2 aliphatic rings. The highest BCUT2D eigenvalue weighted by atomic mass is 35.5. The molecule has 2 aromatic heterocycles. The summed E-state index contributed by atoms with van der Waals surface area (Å²) in [4.78, 5) is 39.0. The van der Waals surface area contributed by atoms with Crippen molar-refractivity contribution in [2.45, 2.75) is 44.0 Å². The van der Waals surface area contributed by atoms with Gasteiger partial charge in [-0.25, -0.2) is 4.98 Å². The molecule has 1 unspecified atom stereocenters. The molecule has 4 heterocycles. The Kier molecular flexibility index (Phi) is 8.36. The molecule has 0 spiro atoms. The number of nitrogens with zero attached hydrogens (tertiary/aromatic N) is 5. The molecule has 1 fully saturated rings. The van der Waals surface area contributed by atoms with Gasteiger partial charge in [-0.2, -0.15) is 13.2 Å². The van der Waals surface area contributed by atoms with Crippen LogP contribution in [-0.2, 0) is 22.4 Å². The zero-order chi connectivity index (χ0) is 29.5. The van der Waals surface area contributed by atoms with Crippen molar-refractivity contribution < 1.29 is 22.8 Å². The molecule has 41 heavy (non-hydrogen) atoms. The second kappa shape index (κ2) is 11.7. The molecular formula is C27H26Cl2F3N5O3S. The fourth-order valence-electron chi connectivity index (χ4n) is 4.94. The summed E-state index contributed by atoms with van der Waals surface area (Å²) >= 11 is 14.1. The molecular weight excluding hydrogens is 602 g/mol. The molecule has 3 aromatic rings. The molecule has 0 saturated carbocycles. The second-order valence-electron chi connectivity index (χ2n) is 10.1. The van der Waals surface area contributed by atoms with Crippen LogP contribution in [0.25, 0.3) is 0 Å². The maximum absolute atomic E-state index is 13.4. The maximum Gasteiger partial charge on any atom is 0.417 e. The number of rotatable bonds is 6. The molecule has 0 radical (unpaired) electrons. The number of pyridine rings is 1. The fraction of sp³-hybridized carbons (Fsp3) is 0.407. The summed E-state index contributed by atoms with van der Waals surface area (Å²) in [6, 6.07) is 6.07. The van der Waals surface area contributed by atoms with E-state index in [9.17, 15) is 22.8 Å². The molecule has 1 amide bonds. The average molecular weight is 629 g/mol. The Morgan fingerprint density at radius 3 is 2.51 bits per heavy atom. The number of oxime groups is 1. The first kappa shape index (κ1) is 29.4. The van der Waals surface area contributed by atoms with Crippen molar-refractivity contribution in [3.05, 3.63) is 78.1 Å². The van der Waals surface area contributed by atoms with E-state index in [0.717, 1.165) is 21.3 Å². The van der Waals surface area contributed by atoms with Gasteiger partial charge in [0.25, 0.3) is 5.56 Å². The first-order valence-corrected chi connectivity index (χ1v) is 14.4. The molecule has 2 aliphatic heterocycles. The van der Waals surface area contributed by atoms with Crippen LogP contribution in [0.15, 0.2) is 45.8 Å². The van der Waals surface area contributed by atoms with Gasteiger partial charge in [-0.1, -0.05) is 34.4 Å². The predicted molar refractivity (Wildman–Crippen MR) is 152 cm³/mol. The minimum absolute atomic E-state index is 0.117. The van der Waals surface area contributed by atoms with Crippen LogP contribution in [0.2, 0.25) is 10.0 Å². The van der Waals surface area contributed by atoms with E-state index >= 15 is 0 Å². The highest BCUT2D eigenvalue weighted by molar-refractivity contribution is 7.10. The van der Waals surface area contributed by atoms with Gasteiger partial charge < -0.3 is 19.2 Å². The molecule has 1 aromatic carbocycles. The summed E-state index contributed by atoms with van der Waals surface area (Å²) < 4.78 is 41.1. The van der Waals surface area contributed by atoms with E-state index in [1.807, 2.05) is 5.38 Å². The maximum atomic E-state index is 13.4. The van der Waals surface area contributed by atoms with Crippen molar-refractivity contribution >= 4 is 51.8 Å². The molecule has 0 aliphatic carbocycles. The van der Waals surface area contributed by atoms with Gasteiger partial charge in [-0.3, -0.25) is 9.59 Å². The Bertz CT molecular complexity index is 1530. The van der Waals surface area contributed by atoms with Crippen molar-refractivity contribution in [2.24, 2.45) is 5.16 Å². The Labute approximate surface area is 247 Å². The summed E-state index contributed by atoms with van der Waals surface area (Å²) in [5, 5.41) is 8.07. The van der Waals surface area contributed by atoms with Crippen LogP contribution in [0.5, 0.6) is 0 Å². The zero-order valence-electron chi connectivity index (χ0n) is 22.1. The van der Waals surface area contributed by atoms with Crippen LogP contribution in [0, 0.1) is 0 Å². The molecule has 1 atom stereocenters. The number of halogens is 5. The summed E-state index contributed by atoms with van der Waals surface area (Å²) in [6.07, 6.45) is -2.59. The summed E-state index contributed by atoms with van der Waals surface area (Å²) in [5.41, 5.74) is 0.334. The molecule has 0 bridgehead atoms. The second-order valence-corrected chi connectivity index (χ2v) is 11.8. The molecule has 8 nitrogen and oxygen atoms in total. The number of amides is 1. The van der Waals surface area contributed by atoms with Gasteiger partial charge in [0.15, 0.2) is 6.10 Å². The van der Waals surface area contributed by atoms with Crippen molar-refractivity contribution in [3.63, 3.8) is 0 Å². The minimum Gasteiger partial charge on any atom is -0.387 e. The van der Waals surface area contributed by atoms with Crippen LogP contribution in [0.1, 0.15) is 53.1 Å². The molecule has 218 valence electrons. The first-order chi connectivity index (χ1) is 19.4. The Balaban J connectivity index is 1.21. The van der Waals surface area contributed by atoms with Crippen LogP contribution in [0.3, 0.4) is 0 Å². The lowest BCUT2D eigenvalue weighted by atomic mass is 9.97. The third-order valence-corrected chi connectivity index (χ3v) is 8.85. The van der Waals surface area contributed by atoms with Gasteiger partial charge in [0.05, 0.1) is 16.3 Å². The van der Waals surface area contributed by atoms with Gasteiger partial charge in [0.1, 0.15) is 17.9 Å². The summed E-state index contributed by atoms with van der Waals surface area (Å²) in [5.74, 6) is -0.290.